The number of allylic oxidation sites excluding steroid dienone is 1. The summed E-state index contributed by atoms with van der Waals surface area (Å²) in [6.45, 7) is 3.70. The smallest absolute Gasteiger partial charge is 0.228 e. The van der Waals surface area contributed by atoms with E-state index in [1.807, 2.05) is 0 Å². The van der Waals surface area contributed by atoms with E-state index in [0.29, 0.717) is 5.76 Å². The van der Waals surface area contributed by atoms with Crippen LogP contribution in [0.25, 0.3) is 0 Å². The number of alkyl halides is 1. The Balaban J connectivity index is 2.18. The van der Waals surface area contributed by atoms with Crippen molar-refractivity contribution in [3.63, 3.8) is 0 Å². The molecule has 2 atom stereocenters. The van der Waals surface area contributed by atoms with Gasteiger partial charge in [0, 0.05) is 11.8 Å². The number of Topliss-reactive ketones (excluding diaryl/α,β-unsaturated/α-hetero) is 1. The number of ketones is 1. The minimum atomic E-state index is -2.41. The second kappa shape index (κ2) is 6.62. The monoisotopic (exact) mass is 321 g/mol. The number of furan rings is 1. The van der Waals surface area contributed by atoms with Crippen molar-refractivity contribution in [3.8, 4) is 0 Å². The summed E-state index contributed by atoms with van der Waals surface area (Å²) in [6, 6.07) is 16.4. The standard InChI is InChI=1S/C20H16FNO2/c1-2-16(17-11-8-14-24-17)20(21,18-12-6-7-13-22-18)19(23)15-9-4-3-5-10-15/h2-14,16H,1H2/t16-,20+/m0/s1. The van der Waals surface area contributed by atoms with E-state index >= 15 is 4.39 Å². The average molecular weight is 321 g/mol. The summed E-state index contributed by atoms with van der Waals surface area (Å²) >= 11 is 0. The topological polar surface area (TPSA) is 43.1 Å². The molecule has 0 aliphatic carbocycles. The molecule has 0 radical (unpaired) electrons. The summed E-state index contributed by atoms with van der Waals surface area (Å²) in [7, 11) is 0. The van der Waals surface area contributed by atoms with Crippen molar-refractivity contribution in [2.45, 2.75) is 11.6 Å². The number of benzene rings is 1. The first-order valence-electron chi connectivity index (χ1n) is 7.54. The van der Waals surface area contributed by atoms with Crippen molar-refractivity contribution in [3.05, 3.63) is 103 Å². The Morgan fingerprint density at radius 3 is 2.46 bits per heavy atom. The van der Waals surface area contributed by atoms with Gasteiger partial charge in [0.25, 0.3) is 0 Å². The fourth-order valence-corrected chi connectivity index (χ4v) is 2.74. The number of pyridine rings is 1. The fourth-order valence-electron chi connectivity index (χ4n) is 2.74. The molecule has 0 bridgehead atoms. The molecule has 0 saturated carbocycles. The molecule has 0 N–H and O–H groups in total. The van der Waals surface area contributed by atoms with E-state index in [9.17, 15) is 4.79 Å². The molecule has 0 fully saturated rings. The van der Waals surface area contributed by atoms with Crippen molar-refractivity contribution < 1.29 is 13.6 Å². The van der Waals surface area contributed by atoms with E-state index in [1.165, 1.54) is 24.6 Å². The van der Waals surface area contributed by atoms with Gasteiger partial charge >= 0.3 is 0 Å². The van der Waals surface area contributed by atoms with Crippen molar-refractivity contribution in [2.24, 2.45) is 0 Å². The Morgan fingerprint density at radius 1 is 1.12 bits per heavy atom. The Kier molecular flexibility index (Phi) is 4.38. The van der Waals surface area contributed by atoms with Crippen molar-refractivity contribution in [1.82, 2.24) is 4.98 Å². The molecule has 2 heterocycles. The van der Waals surface area contributed by atoms with Crippen LogP contribution in [-0.4, -0.2) is 10.8 Å². The highest BCUT2D eigenvalue weighted by Gasteiger charge is 2.50. The summed E-state index contributed by atoms with van der Waals surface area (Å²) in [5.41, 5.74) is -2.12. The van der Waals surface area contributed by atoms with Crippen molar-refractivity contribution in [2.75, 3.05) is 0 Å². The van der Waals surface area contributed by atoms with Gasteiger partial charge in [-0.05, 0) is 24.3 Å². The molecular formula is C20H16FNO2. The maximum atomic E-state index is 16.3. The minimum absolute atomic E-state index is 0.0279. The molecule has 0 unspecified atom stereocenters. The molecule has 0 aliphatic rings. The molecule has 3 aromatic rings. The Bertz CT molecular complexity index is 815. The largest absolute Gasteiger partial charge is 0.469 e. The third-order valence-electron chi connectivity index (χ3n) is 3.92. The fraction of sp³-hybridized carbons (Fsp3) is 0.100. The van der Waals surface area contributed by atoms with E-state index in [4.69, 9.17) is 4.42 Å². The summed E-state index contributed by atoms with van der Waals surface area (Å²) in [4.78, 5) is 17.1. The van der Waals surface area contributed by atoms with Crippen LogP contribution < -0.4 is 0 Å². The summed E-state index contributed by atoms with van der Waals surface area (Å²) in [5.74, 6) is -1.35. The number of hydrogen-bond donors (Lipinski definition) is 0. The van der Waals surface area contributed by atoms with E-state index in [1.54, 1.807) is 54.6 Å². The van der Waals surface area contributed by atoms with Crippen molar-refractivity contribution >= 4 is 5.78 Å². The first-order chi connectivity index (χ1) is 11.7. The van der Waals surface area contributed by atoms with Gasteiger partial charge in [-0.25, -0.2) is 4.39 Å². The Morgan fingerprint density at radius 2 is 1.88 bits per heavy atom. The number of nitrogens with zero attached hydrogens (tertiary/aromatic N) is 1. The zero-order chi connectivity index (χ0) is 17.0. The van der Waals surface area contributed by atoms with Crippen LogP contribution in [-0.2, 0) is 5.67 Å². The lowest BCUT2D eigenvalue weighted by molar-refractivity contribution is 0.0605. The molecule has 120 valence electrons. The molecular weight excluding hydrogens is 305 g/mol. The summed E-state index contributed by atoms with van der Waals surface area (Å²) < 4.78 is 21.6. The van der Waals surface area contributed by atoms with Crippen molar-refractivity contribution in [1.29, 1.82) is 0 Å². The van der Waals surface area contributed by atoms with Crippen LogP contribution in [0.1, 0.15) is 27.7 Å². The average Bonchev–Trinajstić information content (AvgIpc) is 3.17. The van der Waals surface area contributed by atoms with Gasteiger partial charge in [0.05, 0.1) is 17.9 Å². The Labute approximate surface area is 139 Å². The van der Waals surface area contributed by atoms with E-state index in [2.05, 4.69) is 11.6 Å². The lowest BCUT2D eigenvalue weighted by Gasteiger charge is -2.29. The molecule has 0 spiro atoms. The van der Waals surface area contributed by atoms with Crippen LogP contribution in [0, 0.1) is 0 Å². The van der Waals surface area contributed by atoms with E-state index in [-0.39, 0.29) is 11.3 Å². The molecule has 0 aliphatic heterocycles. The second-order valence-corrected chi connectivity index (χ2v) is 5.35. The lowest BCUT2D eigenvalue weighted by Crippen LogP contribution is -2.37. The first kappa shape index (κ1) is 15.9. The van der Waals surface area contributed by atoms with Gasteiger partial charge in [-0.1, -0.05) is 42.5 Å². The molecule has 4 heteroatoms. The van der Waals surface area contributed by atoms with Crippen LogP contribution in [0.4, 0.5) is 4.39 Å². The van der Waals surface area contributed by atoms with Gasteiger partial charge in [0.1, 0.15) is 5.76 Å². The Hall–Kier alpha value is -3.01. The van der Waals surface area contributed by atoms with Gasteiger partial charge in [0.15, 0.2) is 0 Å². The second-order valence-electron chi connectivity index (χ2n) is 5.35. The number of hydrogen-bond acceptors (Lipinski definition) is 3. The molecule has 3 nitrogen and oxygen atoms in total. The van der Waals surface area contributed by atoms with Gasteiger partial charge in [-0.2, -0.15) is 0 Å². The third kappa shape index (κ3) is 2.67. The highest BCUT2D eigenvalue weighted by molar-refractivity contribution is 6.03. The van der Waals surface area contributed by atoms with Gasteiger partial charge < -0.3 is 4.42 Å². The summed E-state index contributed by atoms with van der Waals surface area (Å²) in [5, 5.41) is 0. The normalized spacial score (nSPS) is 14.5. The van der Waals surface area contributed by atoms with Gasteiger partial charge in [0.2, 0.25) is 11.5 Å². The maximum absolute atomic E-state index is 16.3. The molecule has 2 aromatic heterocycles. The van der Waals surface area contributed by atoms with Crippen LogP contribution >= 0.6 is 0 Å². The predicted octanol–water partition coefficient (Wildman–Crippen LogP) is 4.69. The van der Waals surface area contributed by atoms with Gasteiger partial charge in [-0.15, -0.1) is 6.58 Å². The zero-order valence-corrected chi connectivity index (χ0v) is 12.9. The van der Waals surface area contributed by atoms with Gasteiger partial charge in [-0.3, -0.25) is 9.78 Å². The maximum Gasteiger partial charge on any atom is 0.228 e. The molecule has 0 amide bonds. The van der Waals surface area contributed by atoms with E-state index < -0.39 is 17.4 Å². The number of carbonyl (C=O) groups excluding carboxylic acids is 1. The zero-order valence-electron chi connectivity index (χ0n) is 12.9. The van der Waals surface area contributed by atoms with Crippen LogP contribution in [0.15, 0.2) is 90.2 Å². The molecule has 0 saturated heterocycles. The number of aromatic nitrogens is 1. The highest BCUT2D eigenvalue weighted by Crippen LogP contribution is 2.43. The third-order valence-corrected chi connectivity index (χ3v) is 3.92. The SMILES string of the molecule is C=C[C@@H](c1ccco1)[C@](F)(C(=O)c1ccccc1)c1ccccn1. The van der Waals surface area contributed by atoms with Crippen LogP contribution in [0.3, 0.4) is 0 Å². The predicted molar refractivity (Wildman–Crippen MR) is 89.4 cm³/mol. The number of halogens is 1. The lowest BCUT2D eigenvalue weighted by atomic mass is 9.78. The van der Waals surface area contributed by atoms with E-state index in [0.717, 1.165) is 0 Å². The first-order valence-corrected chi connectivity index (χ1v) is 7.54. The van der Waals surface area contributed by atoms with Crippen LogP contribution in [0.5, 0.6) is 0 Å². The number of rotatable bonds is 6. The molecule has 1 aromatic carbocycles. The van der Waals surface area contributed by atoms with Crippen LogP contribution in [0.2, 0.25) is 0 Å². The minimum Gasteiger partial charge on any atom is -0.469 e. The molecule has 3 rings (SSSR count). The highest BCUT2D eigenvalue weighted by atomic mass is 19.1. The molecule has 24 heavy (non-hydrogen) atoms. The summed E-state index contributed by atoms with van der Waals surface area (Å²) in [6.07, 6.45) is 4.29. The quantitative estimate of drug-likeness (QED) is 0.488. The number of carbonyl (C=O) groups is 1.